The number of hydrogen-bond donors (Lipinski definition) is 2. The first-order valence-corrected chi connectivity index (χ1v) is 11.9. The lowest BCUT2D eigenvalue weighted by molar-refractivity contribution is -0.130. The van der Waals surface area contributed by atoms with Crippen LogP contribution in [0.5, 0.6) is 0 Å². The van der Waals surface area contributed by atoms with Crippen molar-refractivity contribution in [3.05, 3.63) is 57.7 Å². The van der Waals surface area contributed by atoms with Gasteiger partial charge in [-0.2, -0.15) is 5.10 Å². The summed E-state index contributed by atoms with van der Waals surface area (Å²) in [7, 11) is 1.78. The molecule has 1 saturated heterocycles. The van der Waals surface area contributed by atoms with Crippen LogP contribution in [0.15, 0.2) is 24.8 Å². The molecule has 8 nitrogen and oxygen atoms in total. The minimum atomic E-state index is -0.307. The lowest BCUT2D eigenvalue weighted by atomic mass is 9.86. The highest BCUT2D eigenvalue weighted by Gasteiger charge is 2.32. The Balaban J connectivity index is 1.47. The molecule has 3 heterocycles. The van der Waals surface area contributed by atoms with Gasteiger partial charge in [0.1, 0.15) is 11.5 Å². The van der Waals surface area contributed by atoms with Crippen LogP contribution >= 0.6 is 23.2 Å². The lowest BCUT2D eigenvalue weighted by Crippen LogP contribution is -2.60. The van der Waals surface area contributed by atoms with Gasteiger partial charge in [-0.3, -0.25) is 14.7 Å². The van der Waals surface area contributed by atoms with Gasteiger partial charge in [-0.1, -0.05) is 50.6 Å². The fourth-order valence-corrected chi connectivity index (χ4v) is 4.95. The van der Waals surface area contributed by atoms with Crippen molar-refractivity contribution >= 4 is 45.9 Å². The molecule has 0 unspecified atom stereocenters. The Labute approximate surface area is 208 Å². The zero-order valence-electron chi connectivity index (χ0n) is 19.7. The standard InChI is InChI=1S/C24H28Cl2N6O2/c1-6-20(33)32-11-13(12-32)27-23(34)21-22(26)28-19(31(21)5)8-7-17-14-9-15(24(2,3)4)16(25)10-18(14)30-29-17/h6,9-10,13H,1,7-8,11-12H2,2-5H3,(H,27,34)(H,29,30). The number of aromatic nitrogens is 4. The van der Waals surface area contributed by atoms with Crippen LogP contribution in [-0.2, 0) is 30.1 Å². The quantitative estimate of drug-likeness (QED) is 0.500. The molecule has 0 aliphatic carbocycles. The molecule has 2 N–H and O–H groups in total. The van der Waals surface area contributed by atoms with Crippen LogP contribution in [0, 0.1) is 0 Å². The molecule has 10 heteroatoms. The van der Waals surface area contributed by atoms with Crippen LogP contribution < -0.4 is 5.32 Å². The molecule has 0 radical (unpaired) electrons. The predicted octanol–water partition coefficient (Wildman–Crippen LogP) is 3.81. The van der Waals surface area contributed by atoms with Gasteiger partial charge in [0.25, 0.3) is 5.91 Å². The number of rotatable bonds is 6. The van der Waals surface area contributed by atoms with Crippen LogP contribution in [0.4, 0.5) is 0 Å². The van der Waals surface area contributed by atoms with E-state index in [2.05, 4.69) is 53.9 Å². The normalized spacial score (nSPS) is 14.4. The maximum absolute atomic E-state index is 12.8. The van der Waals surface area contributed by atoms with E-state index in [-0.39, 0.29) is 28.4 Å². The van der Waals surface area contributed by atoms with E-state index in [4.69, 9.17) is 23.2 Å². The zero-order chi connectivity index (χ0) is 24.8. The Hall–Kier alpha value is -2.84. The predicted molar refractivity (Wildman–Crippen MR) is 133 cm³/mol. The zero-order valence-corrected chi connectivity index (χ0v) is 21.2. The molecule has 4 rings (SSSR count). The number of nitrogens with zero attached hydrogens (tertiary/aromatic N) is 4. The van der Waals surface area contributed by atoms with Crippen molar-refractivity contribution in [3.63, 3.8) is 0 Å². The highest BCUT2D eigenvalue weighted by atomic mass is 35.5. The summed E-state index contributed by atoms with van der Waals surface area (Å²) in [5.41, 5.74) is 3.07. The highest BCUT2D eigenvalue weighted by molar-refractivity contribution is 6.32. The second kappa shape index (κ2) is 9.07. The van der Waals surface area contributed by atoms with Crippen molar-refractivity contribution in [2.45, 2.75) is 45.1 Å². The topological polar surface area (TPSA) is 95.9 Å². The maximum atomic E-state index is 12.8. The Morgan fingerprint density at radius 1 is 1.26 bits per heavy atom. The molecule has 1 aromatic carbocycles. The van der Waals surface area contributed by atoms with E-state index < -0.39 is 0 Å². The van der Waals surface area contributed by atoms with Gasteiger partial charge in [-0.25, -0.2) is 4.98 Å². The summed E-state index contributed by atoms with van der Waals surface area (Å²) in [6.45, 7) is 10.8. The van der Waals surface area contributed by atoms with Crippen molar-refractivity contribution in [3.8, 4) is 0 Å². The number of hydrogen-bond acceptors (Lipinski definition) is 4. The monoisotopic (exact) mass is 502 g/mol. The van der Waals surface area contributed by atoms with Gasteiger partial charge in [0.05, 0.1) is 11.6 Å². The van der Waals surface area contributed by atoms with Gasteiger partial charge < -0.3 is 14.8 Å². The molecule has 1 aliphatic heterocycles. The number of nitrogens with one attached hydrogen (secondary N) is 2. The second-order valence-corrected chi connectivity index (χ2v) is 10.4. The molecule has 2 aromatic heterocycles. The van der Waals surface area contributed by atoms with Gasteiger partial charge in [-0.15, -0.1) is 0 Å². The third kappa shape index (κ3) is 4.57. The van der Waals surface area contributed by atoms with E-state index in [9.17, 15) is 9.59 Å². The smallest absolute Gasteiger partial charge is 0.271 e. The Kier molecular flexibility index (Phi) is 6.48. The number of aromatic amines is 1. The number of aryl methyl sites for hydroxylation is 2. The number of H-pyrrole nitrogens is 1. The average Bonchev–Trinajstić information content (AvgIpc) is 3.25. The van der Waals surface area contributed by atoms with E-state index in [0.717, 1.165) is 22.2 Å². The minimum absolute atomic E-state index is 0.0916. The minimum Gasteiger partial charge on any atom is -0.344 e. The average molecular weight is 503 g/mol. The molecule has 1 aliphatic rings. The number of halogens is 2. The van der Waals surface area contributed by atoms with Gasteiger partial charge in [0.15, 0.2) is 5.15 Å². The number of fused-ring (bicyclic) bond motifs is 1. The Morgan fingerprint density at radius 2 is 1.97 bits per heavy atom. The van der Waals surface area contributed by atoms with Gasteiger partial charge in [-0.05, 0) is 35.6 Å². The summed E-state index contributed by atoms with van der Waals surface area (Å²) >= 11 is 12.8. The molecular weight excluding hydrogens is 475 g/mol. The second-order valence-electron chi connectivity index (χ2n) is 9.65. The fraction of sp³-hybridized carbons (Fsp3) is 0.417. The van der Waals surface area contributed by atoms with Crippen LogP contribution in [-0.4, -0.2) is 55.6 Å². The Morgan fingerprint density at radius 3 is 2.62 bits per heavy atom. The molecule has 34 heavy (non-hydrogen) atoms. The number of carbonyl (C=O) groups excluding carboxylic acids is 2. The molecule has 0 bridgehead atoms. The molecule has 1 fully saturated rings. The number of imidazole rings is 1. The van der Waals surface area contributed by atoms with Gasteiger partial charge in [0.2, 0.25) is 5.91 Å². The summed E-state index contributed by atoms with van der Waals surface area (Å²) in [5, 5.41) is 12.3. The highest BCUT2D eigenvalue weighted by Crippen LogP contribution is 2.33. The number of likely N-dealkylation sites (tertiary alicyclic amines) is 1. The van der Waals surface area contributed by atoms with E-state index in [0.29, 0.717) is 42.5 Å². The van der Waals surface area contributed by atoms with Gasteiger partial charge in [0, 0.05) is 42.7 Å². The maximum Gasteiger partial charge on any atom is 0.271 e. The summed E-state index contributed by atoms with van der Waals surface area (Å²) in [6, 6.07) is 3.87. The van der Waals surface area contributed by atoms with Crippen LogP contribution in [0.3, 0.4) is 0 Å². The van der Waals surface area contributed by atoms with Gasteiger partial charge >= 0.3 is 0 Å². The number of carbonyl (C=O) groups is 2. The first-order valence-electron chi connectivity index (χ1n) is 11.1. The van der Waals surface area contributed by atoms with E-state index >= 15 is 0 Å². The molecule has 3 aromatic rings. The molecule has 2 amide bonds. The third-order valence-electron chi connectivity index (χ3n) is 6.19. The third-order valence-corrected chi connectivity index (χ3v) is 6.77. The summed E-state index contributed by atoms with van der Waals surface area (Å²) in [4.78, 5) is 30.4. The van der Waals surface area contributed by atoms with Crippen LogP contribution in [0.2, 0.25) is 10.2 Å². The summed E-state index contributed by atoms with van der Waals surface area (Å²) in [5.74, 6) is 0.243. The molecule has 0 atom stereocenters. The van der Waals surface area contributed by atoms with Crippen molar-refractivity contribution in [1.29, 1.82) is 0 Å². The van der Waals surface area contributed by atoms with E-state index in [1.54, 1.807) is 16.5 Å². The fourth-order valence-electron chi connectivity index (χ4n) is 4.20. The molecule has 180 valence electrons. The number of benzene rings is 1. The SMILES string of the molecule is C=CC(=O)N1CC(NC(=O)c2c(Cl)nc(CCc3[nH]nc4cc(Cl)c(C(C)(C)C)cc34)n2C)C1. The summed E-state index contributed by atoms with van der Waals surface area (Å²) < 4.78 is 1.72. The lowest BCUT2D eigenvalue weighted by Gasteiger charge is -2.38. The molecule has 0 spiro atoms. The number of amides is 2. The van der Waals surface area contributed by atoms with Crippen LogP contribution in [0.25, 0.3) is 10.9 Å². The molecular formula is C24H28Cl2N6O2. The van der Waals surface area contributed by atoms with E-state index in [1.807, 2.05) is 6.07 Å². The van der Waals surface area contributed by atoms with Crippen molar-refractivity contribution in [2.24, 2.45) is 7.05 Å². The summed E-state index contributed by atoms with van der Waals surface area (Å²) in [6.07, 6.45) is 2.48. The first-order chi connectivity index (χ1) is 16.0. The molecule has 0 saturated carbocycles. The first kappa shape index (κ1) is 24.3. The van der Waals surface area contributed by atoms with Crippen molar-refractivity contribution in [1.82, 2.24) is 30.0 Å². The van der Waals surface area contributed by atoms with Crippen molar-refractivity contribution in [2.75, 3.05) is 13.1 Å². The van der Waals surface area contributed by atoms with E-state index in [1.165, 1.54) is 6.08 Å². The Bertz CT molecular complexity index is 1280. The van der Waals surface area contributed by atoms with Crippen LogP contribution in [0.1, 0.15) is 48.3 Å². The largest absolute Gasteiger partial charge is 0.344 e. The van der Waals surface area contributed by atoms with Crippen molar-refractivity contribution < 1.29 is 9.59 Å².